The Labute approximate surface area is 91.3 Å². The van der Waals surface area contributed by atoms with Crippen molar-refractivity contribution < 1.29 is 0 Å². The van der Waals surface area contributed by atoms with Crippen LogP contribution in [0.3, 0.4) is 0 Å². The van der Waals surface area contributed by atoms with E-state index in [1.165, 1.54) is 0 Å². The van der Waals surface area contributed by atoms with Crippen molar-refractivity contribution in [3.8, 4) is 6.07 Å². The molecule has 0 aromatic heterocycles. The molecular weight excluding hydrogens is 186 g/mol. The number of anilines is 1. The van der Waals surface area contributed by atoms with Crippen LogP contribution < -0.4 is 10.2 Å². The Balaban J connectivity index is 3.05. The van der Waals surface area contributed by atoms with Crippen molar-refractivity contribution in [2.24, 2.45) is 0 Å². The fourth-order valence-corrected chi connectivity index (χ4v) is 1.49. The molecule has 1 rings (SSSR count). The molecule has 3 heteroatoms. The zero-order valence-corrected chi connectivity index (χ0v) is 9.54. The second kappa shape index (κ2) is 5.38. The van der Waals surface area contributed by atoms with Crippen molar-refractivity contribution in [1.29, 1.82) is 5.26 Å². The van der Waals surface area contributed by atoms with Gasteiger partial charge in [0, 0.05) is 20.1 Å². The molecule has 80 valence electrons. The fraction of sp³-hybridized carbons (Fsp3) is 0.417. The first-order chi connectivity index (χ1) is 7.22. The SMILES string of the molecule is CCN(C)c1ccc(CNC)cc1C#N. The monoisotopic (exact) mass is 203 g/mol. The molecule has 1 aromatic rings. The van der Waals surface area contributed by atoms with Crippen LogP contribution in [0.5, 0.6) is 0 Å². The third-order valence-electron chi connectivity index (χ3n) is 2.45. The normalized spacial score (nSPS) is 9.73. The molecule has 0 aliphatic heterocycles. The standard InChI is InChI=1S/C12H17N3/c1-4-15(3)12-6-5-10(9-14-2)7-11(12)8-13/h5-7,14H,4,9H2,1-3H3. The third-order valence-corrected chi connectivity index (χ3v) is 2.45. The van der Waals surface area contributed by atoms with Gasteiger partial charge in [0.2, 0.25) is 0 Å². The molecular formula is C12H17N3. The van der Waals surface area contributed by atoms with E-state index in [4.69, 9.17) is 5.26 Å². The van der Waals surface area contributed by atoms with Gasteiger partial charge in [-0.2, -0.15) is 5.26 Å². The molecule has 15 heavy (non-hydrogen) atoms. The summed E-state index contributed by atoms with van der Waals surface area (Å²) < 4.78 is 0. The highest BCUT2D eigenvalue weighted by Gasteiger charge is 2.06. The molecule has 0 fully saturated rings. The first-order valence-electron chi connectivity index (χ1n) is 5.11. The summed E-state index contributed by atoms with van der Waals surface area (Å²) in [5, 5.41) is 12.1. The Morgan fingerprint density at radius 3 is 2.73 bits per heavy atom. The van der Waals surface area contributed by atoms with Crippen molar-refractivity contribution in [2.45, 2.75) is 13.5 Å². The minimum Gasteiger partial charge on any atom is -0.374 e. The van der Waals surface area contributed by atoms with E-state index in [-0.39, 0.29) is 0 Å². The lowest BCUT2D eigenvalue weighted by Gasteiger charge is -2.18. The number of benzene rings is 1. The fourth-order valence-electron chi connectivity index (χ4n) is 1.49. The first kappa shape index (κ1) is 11.5. The minimum atomic E-state index is 0.743. The number of nitrogens with zero attached hydrogens (tertiary/aromatic N) is 2. The number of nitriles is 1. The summed E-state index contributed by atoms with van der Waals surface area (Å²) in [4.78, 5) is 2.07. The van der Waals surface area contributed by atoms with Crippen molar-refractivity contribution in [3.63, 3.8) is 0 Å². The van der Waals surface area contributed by atoms with Crippen LogP contribution in [0.2, 0.25) is 0 Å². The highest BCUT2D eigenvalue weighted by molar-refractivity contribution is 5.60. The van der Waals surface area contributed by atoms with Gasteiger partial charge in [0.05, 0.1) is 11.3 Å². The van der Waals surface area contributed by atoms with Crippen LogP contribution in [0.15, 0.2) is 18.2 Å². The van der Waals surface area contributed by atoms with Crippen LogP contribution in [0, 0.1) is 11.3 Å². The van der Waals surface area contributed by atoms with Gasteiger partial charge in [-0.3, -0.25) is 0 Å². The summed E-state index contributed by atoms with van der Waals surface area (Å²) in [6.45, 7) is 3.77. The lowest BCUT2D eigenvalue weighted by Crippen LogP contribution is -2.17. The Hall–Kier alpha value is -1.53. The predicted molar refractivity (Wildman–Crippen MR) is 62.9 cm³/mol. The number of hydrogen-bond donors (Lipinski definition) is 1. The van der Waals surface area contributed by atoms with Gasteiger partial charge in [-0.25, -0.2) is 0 Å². The first-order valence-corrected chi connectivity index (χ1v) is 5.11. The van der Waals surface area contributed by atoms with E-state index in [9.17, 15) is 0 Å². The lowest BCUT2D eigenvalue weighted by molar-refractivity contribution is 0.817. The molecule has 3 nitrogen and oxygen atoms in total. The zero-order chi connectivity index (χ0) is 11.3. The van der Waals surface area contributed by atoms with Crippen LogP contribution in [0.4, 0.5) is 5.69 Å². The molecule has 0 heterocycles. The van der Waals surface area contributed by atoms with Gasteiger partial charge in [-0.1, -0.05) is 6.07 Å². The third kappa shape index (κ3) is 2.71. The quantitative estimate of drug-likeness (QED) is 0.810. The number of hydrogen-bond acceptors (Lipinski definition) is 3. The Morgan fingerprint density at radius 2 is 2.20 bits per heavy atom. The Kier molecular flexibility index (Phi) is 4.14. The van der Waals surface area contributed by atoms with E-state index < -0.39 is 0 Å². The maximum atomic E-state index is 9.06. The summed E-state index contributed by atoms with van der Waals surface area (Å²) in [5.41, 5.74) is 2.88. The highest BCUT2D eigenvalue weighted by atomic mass is 15.1. The maximum Gasteiger partial charge on any atom is 0.101 e. The van der Waals surface area contributed by atoms with Crippen LogP contribution in [-0.2, 0) is 6.54 Å². The molecule has 0 unspecified atom stereocenters. The van der Waals surface area contributed by atoms with Crippen LogP contribution in [-0.4, -0.2) is 20.6 Å². The van der Waals surface area contributed by atoms with Crippen molar-refractivity contribution in [2.75, 3.05) is 25.5 Å². The number of nitrogens with one attached hydrogen (secondary N) is 1. The summed E-state index contributed by atoms with van der Waals surface area (Å²) in [7, 11) is 3.89. The average molecular weight is 203 g/mol. The molecule has 1 aromatic carbocycles. The van der Waals surface area contributed by atoms with Gasteiger partial charge in [0.25, 0.3) is 0 Å². The van der Waals surface area contributed by atoms with Gasteiger partial charge in [0.15, 0.2) is 0 Å². The predicted octanol–water partition coefficient (Wildman–Crippen LogP) is 1.73. The van der Waals surface area contributed by atoms with Gasteiger partial charge < -0.3 is 10.2 Å². The molecule has 0 amide bonds. The van der Waals surface area contributed by atoms with Crippen LogP contribution in [0.25, 0.3) is 0 Å². The Bertz CT molecular complexity index is 366. The average Bonchev–Trinajstić information content (AvgIpc) is 2.28. The smallest absolute Gasteiger partial charge is 0.101 e. The van der Waals surface area contributed by atoms with E-state index in [0.717, 1.165) is 29.9 Å². The van der Waals surface area contributed by atoms with E-state index in [1.54, 1.807) is 0 Å². The van der Waals surface area contributed by atoms with Gasteiger partial charge in [-0.15, -0.1) is 0 Å². The van der Waals surface area contributed by atoms with Gasteiger partial charge in [-0.05, 0) is 31.7 Å². The Morgan fingerprint density at radius 1 is 1.47 bits per heavy atom. The van der Waals surface area contributed by atoms with E-state index in [2.05, 4.69) is 29.3 Å². The van der Waals surface area contributed by atoms with Crippen molar-refractivity contribution in [1.82, 2.24) is 5.32 Å². The summed E-state index contributed by atoms with van der Waals surface area (Å²) >= 11 is 0. The second-order valence-corrected chi connectivity index (χ2v) is 3.51. The van der Waals surface area contributed by atoms with Crippen molar-refractivity contribution in [3.05, 3.63) is 29.3 Å². The van der Waals surface area contributed by atoms with E-state index >= 15 is 0 Å². The summed E-state index contributed by atoms with van der Waals surface area (Å²) in [6, 6.07) is 8.25. The lowest BCUT2D eigenvalue weighted by atomic mass is 10.1. The molecule has 1 N–H and O–H groups in total. The zero-order valence-electron chi connectivity index (χ0n) is 9.54. The maximum absolute atomic E-state index is 9.06. The van der Waals surface area contributed by atoms with E-state index in [1.807, 2.05) is 26.2 Å². The largest absolute Gasteiger partial charge is 0.374 e. The molecule has 0 bridgehead atoms. The molecule has 0 atom stereocenters. The van der Waals surface area contributed by atoms with Crippen molar-refractivity contribution >= 4 is 5.69 Å². The summed E-state index contributed by atoms with van der Waals surface area (Å²) in [5.74, 6) is 0. The molecule has 0 spiro atoms. The molecule has 0 aliphatic carbocycles. The second-order valence-electron chi connectivity index (χ2n) is 3.51. The molecule has 0 radical (unpaired) electrons. The molecule has 0 saturated carbocycles. The van der Waals surface area contributed by atoms with Crippen LogP contribution in [0.1, 0.15) is 18.1 Å². The van der Waals surface area contributed by atoms with Crippen LogP contribution >= 0.6 is 0 Å². The highest BCUT2D eigenvalue weighted by Crippen LogP contribution is 2.20. The molecule has 0 saturated heterocycles. The minimum absolute atomic E-state index is 0.743. The summed E-state index contributed by atoms with van der Waals surface area (Å²) in [6.07, 6.45) is 0. The van der Waals surface area contributed by atoms with Gasteiger partial charge >= 0.3 is 0 Å². The number of rotatable bonds is 4. The molecule has 0 aliphatic rings. The van der Waals surface area contributed by atoms with E-state index in [0.29, 0.717) is 0 Å². The topological polar surface area (TPSA) is 39.1 Å². The van der Waals surface area contributed by atoms with Gasteiger partial charge in [0.1, 0.15) is 6.07 Å².